The molecule has 1 aliphatic heterocycles. The number of hydrogen-bond acceptors (Lipinski definition) is 4. The van der Waals surface area contributed by atoms with Gasteiger partial charge in [0.05, 0.1) is 17.7 Å². The molecule has 0 bridgehead atoms. The van der Waals surface area contributed by atoms with E-state index < -0.39 is 4.92 Å². The molecule has 0 saturated carbocycles. The molecule has 1 aromatic rings. The number of aromatic nitrogens is 1. The van der Waals surface area contributed by atoms with Gasteiger partial charge in [-0.15, -0.1) is 0 Å². The van der Waals surface area contributed by atoms with Crippen LogP contribution in [0.5, 0.6) is 0 Å². The lowest BCUT2D eigenvalue weighted by molar-refractivity contribution is -0.409. The van der Waals surface area contributed by atoms with Gasteiger partial charge < -0.3 is 4.90 Å². The van der Waals surface area contributed by atoms with Gasteiger partial charge in [0, 0.05) is 32.0 Å². The van der Waals surface area contributed by atoms with Crippen molar-refractivity contribution < 1.29 is 14.7 Å². The fourth-order valence-corrected chi connectivity index (χ4v) is 2.15. The van der Waals surface area contributed by atoms with Crippen LogP contribution in [-0.2, 0) is 4.79 Å². The molecule has 1 aromatic heterocycles. The molecule has 0 aromatic carbocycles. The van der Waals surface area contributed by atoms with Crippen molar-refractivity contribution >= 4 is 17.4 Å². The first-order valence-electron chi connectivity index (χ1n) is 6.35. The summed E-state index contributed by atoms with van der Waals surface area (Å²) in [5.41, 5.74) is 0.0275. The maximum absolute atomic E-state index is 11.4. The Kier molecular flexibility index (Phi) is 4.27. The number of H-pyrrole nitrogens is 1. The number of anilines is 1. The SMILES string of the molecule is O=C1CCCN1CCCNc1[nH+]cccc1[N+](=O)[O-]. The Morgan fingerprint density at radius 3 is 3.05 bits per heavy atom. The number of likely N-dealkylation sites (tertiary alicyclic amines) is 1. The van der Waals surface area contributed by atoms with Crippen molar-refractivity contribution in [3.8, 4) is 0 Å². The van der Waals surface area contributed by atoms with Gasteiger partial charge in [-0.2, -0.15) is 0 Å². The number of hydrogen-bond donors (Lipinski definition) is 1. The molecule has 7 nitrogen and oxygen atoms in total. The summed E-state index contributed by atoms with van der Waals surface area (Å²) in [7, 11) is 0. The number of carbonyl (C=O) groups excluding carboxylic acids is 1. The molecule has 1 aliphatic rings. The van der Waals surface area contributed by atoms with Crippen LogP contribution < -0.4 is 10.3 Å². The molecule has 2 N–H and O–H groups in total. The first-order chi connectivity index (χ1) is 9.18. The zero-order chi connectivity index (χ0) is 13.7. The summed E-state index contributed by atoms with van der Waals surface area (Å²) in [4.78, 5) is 26.4. The van der Waals surface area contributed by atoms with Crippen LogP contribution in [0.1, 0.15) is 19.3 Å². The highest BCUT2D eigenvalue weighted by molar-refractivity contribution is 5.78. The van der Waals surface area contributed by atoms with E-state index in [0.717, 1.165) is 19.4 Å². The van der Waals surface area contributed by atoms with E-state index in [1.807, 2.05) is 4.90 Å². The Balaban J connectivity index is 1.79. The third kappa shape index (κ3) is 3.40. The summed E-state index contributed by atoms with van der Waals surface area (Å²) in [6.07, 6.45) is 3.99. The van der Waals surface area contributed by atoms with Crippen LogP contribution in [-0.4, -0.2) is 35.4 Å². The van der Waals surface area contributed by atoms with Crippen molar-refractivity contribution in [2.75, 3.05) is 25.0 Å². The lowest BCUT2D eigenvalue weighted by Gasteiger charge is -2.14. The summed E-state index contributed by atoms with van der Waals surface area (Å²) in [5.74, 6) is 0.609. The molecular formula is C12H17N4O3+. The van der Waals surface area contributed by atoms with Crippen molar-refractivity contribution in [1.82, 2.24) is 4.90 Å². The summed E-state index contributed by atoms with van der Waals surface area (Å²) < 4.78 is 0. The van der Waals surface area contributed by atoms with Crippen LogP contribution in [0, 0.1) is 10.1 Å². The summed E-state index contributed by atoms with van der Waals surface area (Å²) in [6.45, 7) is 2.12. The number of pyridine rings is 1. The van der Waals surface area contributed by atoms with E-state index in [2.05, 4.69) is 10.3 Å². The molecule has 0 aliphatic carbocycles. The van der Waals surface area contributed by atoms with Crippen molar-refractivity contribution in [1.29, 1.82) is 0 Å². The maximum Gasteiger partial charge on any atom is 0.357 e. The van der Waals surface area contributed by atoms with Gasteiger partial charge in [0.1, 0.15) is 0 Å². The fraction of sp³-hybridized carbons (Fsp3) is 0.500. The van der Waals surface area contributed by atoms with Crippen LogP contribution in [0.2, 0.25) is 0 Å². The standard InChI is InChI=1S/C12H16N4O3/c17-11-5-2-8-15(11)9-3-7-14-12-10(16(18)19)4-1-6-13-12/h1,4,6H,2-3,5,7-9H2,(H,13,14)/p+1. The molecule has 1 saturated heterocycles. The molecular weight excluding hydrogens is 248 g/mol. The number of amides is 1. The molecule has 102 valence electrons. The smallest absolute Gasteiger partial charge is 0.343 e. The van der Waals surface area contributed by atoms with Gasteiger partial charge in [-0.1, -0.05) is 0 Å². The Bertz CT molecular complexity index is 478. The number of rotatable bonds is 6. The third-order valence-corrected chi connectivity index (χ3v) is 3.11. The predicted molar refractivity (Wildman–Crippen MR) is 68.6 cm³/mol. The van der Waals surface area contributed by atoms with Crippen LogP contribution in [0.25, 0.3) is 0 Å². The Morgan fingerprint density at radius 2 is 2.37 bits per heavy atom. The van der Waals surface area contributed by atoms with Gasteiger partial charge in [0.15, 0.2) is 0 Å². The lowest BCUT2D eigenvalue weighted by Crippen LogP contribution is -2.27. The molecule has 7 heteroatoms. The predicted octanol–water partition coefficient (Wildman–Crippen LogP) is 0.833. The fourth-order valence-electron chi connectivity index (χ4n) is 2.15. The molecule has 1 fully saturated rings. The Morgan fingerprint density at radius 1 is 1.53 bits per heavy atom. The van der Waals surface area contributed by atoms with E-state index in [1.54, 1.807) is 12.3 Å². The molecule has 0 spiro atoms. The molecule has 2 rings (SSSR count). The average Bonchev–Trinajstić information content (AvgIpc) is 2.80. The van der Waals surface area contributed by atoms with Gasteiger partial charge in [-0.25, -0.2) is 4.98 Å². The summed E-state index contributed by atoms with van der Waals surface area (Å²) in [6, 6.07) is 3.04. The third-order valence-electron chi connectivity index (χ3n) is 3.11. The molecule has 0 unspecified atom stereocenters. The van der Waals surface area contributed by atoms with E-state index >= 15 is 0 Å². The van der Waals surface area contributed by atoms with E-state index in [4.69, 9.17) is 0 Å². The van der Waals surface area contributed by atoms with Crippen molar-refractivity contribution in [2.24, 2.45) is 0 Å². The zero-order valence-corrected chi connectivity index (χ0v) is 10.6. The minimum Gasteiger partial charge on any atom is -0.343 e. The van der Waals surface area contributed by atoms with Crippen LogP contribution in [0.3, 0.4) is 0 Å². The normalized spacial score (nSPS) is 14.7. The molecule has 2 heterocycles. The highest BCUT2D eigenvalue weighted by Crippen LogP contribution is 2.17. The first kappa shape index (κ1) is 13.3. The number of nitrogens with one attached hydrogen (secondary N) is 2. The van der Waals surface area contributed by atoms with Gasteiger partial charge in [-0.3, -0.25) is 20.2 Å². The largest absolute Gasteiger partial charge is 0.357 e. The number of aromatic amines is 1. The summed E-state index contributed by atoms with van der Waals surface area (Å²) >= 11 is 0. The highest BCUT2D eigenvalue weighted by atomic mass is 16.6. The Labute approximate surface area is 110 Å². The van der Waals surface area contributed by atoms with E-state index in [0.29, 0.717) is 25.3 Å². The molecule has 0 radical (unpaired) electrons. The van der Waals surface area contributed by atoms with Crippen molar-refractivity contribution in [3.05, 3.63) is 28.4 Å². The minimum absolute atomic E-state index is 0.0275. The molecule has 19 heavy (non-hydrogen) atoms. The first-order valence-corrected chi connectivity index (χ1v) is 6.35. The van der Waals surface area contributed by atoms with Gasteiger partial charge in [0.25, 0.3) is 0 Å². The van der Waals surface area contributed by atoms with Gasteiger partial charge in [-0.05, 0) is 12.5 Å². The van der Waals surface area contributed by atoms with Crippen molar-refractivity contribution in [3.63, 3.8) is 0 Å². The average molecular weight is 265 g/mol. The van der Waals surface area contributed by atoms with E-state index in [1.165, 1.54) is 6.07 Å². The second kappa shape index (κ2) is 6.12. The highest BCUT2D eigenvalue weighted by Gasteiger charge is 2.21. The van der Waals surface area contributed by atoms with Crippen LogP contribution in [0.15, 0.2) is 18.3 Å². The number of nitrogens with zero attached hydrogens (tertiary/aromatic N) is 2. The summed E-state index contributed by atoms with van der Waals surface area (Å²) in [5, 5.41) is 13.8. The topological polar surface area (TPSA) is 89.6 Å². The lowest BCUT2D eigenvalue weighted by atomic mass is 10.3. The quantitative estimate of drug-likeness (QED) is 0.468. The monoisotopic (exact) mass is 265 g/mol. The second-order valence-electron chi connectivity index (χ2n) is 4.45. The van der Waals surface area contributed by atoms with Crippen LogP contribution in [0.4, 0.5) is 11.5 Å². The van der Waals surface area contributed by atoms with Crippen molar-refractivity contribution in [2.45, 2.75) is 19.3 Å². The zero-order valence-electron chi connectivity index (χ0n) is 10.6. The van der Waals surface area contributed by atoms with E-state index in [9.17, 15) is 14.9 Å². The van der Waals surface area contributed by atoms with Crippen LogP contribution >= 0.6 is 0 Å². The molecule has 1 amide bonds. The molecule has 0 atom stereocenters. The minimum atomic E-state index is -0.428. The Hall–Kier alpha value is -2.18. The number of nitro groups is 1. The maximum atomic E-state index is 11.4. The number of carbonyl (C=O) groups is 1. The van der Waals surface area contributed by atoms with E-state index in [-0.39, 0.29) is 11.6 Å². The van der Waals surface area contributed by atoms with Gasteiger partial charge >= 0.3 is 11.5 Å². The second-order valence-corrected chi connectivity index (χ2v) is 4.45. The van der Waals surface area contributed by atoms with Gasteiger partial charge in [0.2, 0.25) is 5.91 Å².